The van der Waals surface area contributed by atoms with E-state index < -0.39 is 8.32 Å². The molecule has 1 saturated heterocycles. The summed E-state index contributed by atoms with van der Waals surface area (Å²) in [6, 6.07) is 0.468. The molecule has 0 aromatic heterocycles. The molecule has 2 atom stereocenters. The van der Waals surface area contributed by atoms with Gasteiger partial charge in [-0.2, -0.15) is 0 Å². The van der Waals surface area contributed by atoms with Crippen molar-refractivity contribution in [2.75, 3.05) is 19.8 Å². The van der Waals surface area contributed by atoms with Gasteiger partial charge in [-0.05, 0) is 31.5 Å². The summed E-state index contributed by atoms with van der Waals surface area (Å²) in [5.74, 6) is 0. The fraction of sp³-hybridized carbons (Fsp3) is 1.00. The molecule has 102 valence electrons. The molecule has 0 aromatic rings. The topological polar surface area (TPSA) is 30.5 Å². The van der Waals surface area contributed by atoms with Gasteiger partial charge < -0.3 is 14.5 Å². The van der Waals surface area contributed by atoms with Crippen LogP contribution in [0.2, 0.25) is 18.1 Å². The second-order valence-corrected chi connectivity index (χ2v) is 11.5. The summed E-state index contributed by atoms with van der Waals surface area (Å²) in [5, 5.41) is 3.81. The molecule has 1 aliphatic heterocycles. The maximum absolute atomic E-state index is 6.17. The molecule has 0 radical (unpaired) electrons. The Morgan fingerprint density at radius 2 is 2.00 bits per heavy atom. The van der Waals surface area contributed by atoms with E-state index in [2.05, 4.69) is 46.1 Å². The number of rotatable bonds is 4. The van der Waals surface area contributed by atoms with Crippen LogP contribution in [0, 0.1) is 0 Å². The third kappa shape index (κ3) is 4.70. The minimum Gasteiger partial charge on any atom is -0.417 e. The van der Waals surface area contributed by atoms with Crippen molar-refractivity contribution < 1.29 is 9.16 Å². The van der Waals surface area contributed by atoms with Crippen LogP contribution in [0.1, 0.15) is 34.1 Å². The van der Waals surface area contributed by atoms with Crippen LogP contribution in [-0.4, -0.2) is 40.2 Å². The van der Waals surface area contributed by atoms with Crippen molar-refractivity contribution in [1.29, 1.82) is 0 Å². The van der Waals surface area contributed by atoms with E-state index in [1.807, 2.05) is 0 Å². The summed E-state index contributed by atoms with van der Waals surface area (Å²) in [6.07, 6.45) is 1.41. The van der Waals surface area contributed by atoms with Gasteiger partial charge >= 0.3 is 0 Å². The van der Waals surface area contributed by atoms with Crippen molar-refractivity contribution in [3.05, 3.63) is 0 Å². The molecule has 0 amide bonds. The lowest BCUT2D eigenvalue weighted by atomic mass is 10.2. The van der Waals surface area contributed by atoms with Gasteiger partial charge in [-0.1, -0.05) is 20.8 Å². The van der Waals surface area contributed by atoms with E-state index in [4.69, 9.17) is 9.16 Å². The molecule has 0 saturated carbocycles. The van der Waals surface area contributed by atoms with E-state index in [0.717, 1.165) is 26.2 Å². The Morgan fingerprint density at radius 3 is 2.47 bits per heavy atom. The molecule has 2 unspecified atom stereocenters. The molecule has 0 spiro atoms. The van der Waals surface area contributed by atoms with Gasteiger partial charge in [0.05, 0.1) is 12.7 Å². The first-order valence-corrected chi connectivity index (χ1v) is 9.62. The minimum absolute atomic E-state index is 0.304. The van der Waals surface area contributed by atoms with Gasteiger partial charge in [0.2, 0.25) is 0 Å². The molecule has 1 rings (SSSR count). The van der Waals surface area contributed by atoms with Gasteiger partial charge in [0.15, 0.2) is 8.32 Å². The Balaban J connectivity index is 2.24. The van der Waals surface area contributed by atoms with Crippen molar-refractivity contribution in [3.63, 3.8) is 0 Å². The Labute approximate surface area is 107 Å². The van der Waals surface area contributed by atoms with E-state index in [1.54, 1.807) is 0 Å². The summed E-state index contributed by atoms with van der Waals surface area (Å²) in [4.78, 5) is 0. The summed E-state index contributed by atoms with van der Waals surface area (Å²) in [6.45, 7) is 16.2. The zero-order chi connectivity index (χ0) is 13.1. The van der Waals surface area contributed by atoms with Crippen molar-refractivity contribution >= 4 is 8.32 Å². The van der Waals surface area contributed by atoms with Crippen LogP contribution in [0.25, 0.3) is 0 Å². The highest BCUT2D eigenvalue weighted by atomic mass is 28.4. The lowest BCUT2D eigenvalue weighted by Crippen LogP contribution is -2.47. The van der Waals surface area contributed by atoms with E-state index in [1.165, 1.54) is 0 Å². The third-order valence-electron chi connectivity index (χ3n) is 4.01. The van der Waals surface area contributed by atoms with Crippen molar-refractivity contribution in [3.8, 4) is 0 Å². The van der Waals surface area contributed by atoms with E-state index in [9.17, 15) is 0 Å². The first-order valence-electron chi connectivity index (χ1n) is 6.71. The number of hydrogen-bond acceptors (Lipinski definition) is 3. The highest BCUT2D eigenvalue weighted by Crippen LogP contribution is 2.36. The van der Waals surface area contributed by atoms with E-state index in [0.29, 0.717) is 17.2 Å². The van der Waals surface area contributed by atoms with Crippen LogP contribution >= 0.6 is 0 Å². The SMILES string of the molecule is CC1CNC(CCO[Si](C)(C)C(C)(C)C)CO1. The number of ether oxygens (including phenoxy) is 1. The van der Waals surface area contributed by atoms with Crippen LogP contribution in [-0.2, 0) is 9.16 Å². The van der Waals surface area contributed by atoms with E-state index >= 15 is 0 Å². The predicted molar refractivity (Wildman–Crippen MR) is 75.0 cm³/mol. The molecule has 1 N–H and O–H groups in total. The summed E-state index contributed by atoms with van der Waals surface area (Å²) < 4.78 is 11.8. The molecule has 1 aliphatic rings. The zero-order valence-electron chi connectivity index (χ0n) is 12.3. The highest BCUT2D eigenvalue weighted by molar-refractivity contribution is 6.74. The van der Waals surface area contributed by atoms with E-state index in [-0.39, 0.29) is 0 Å². The normalized spacial score (nSPS) is 27.2. The molecular weight excluding hydrogens is 230 g/mol. The van der Waals surface area contributed by atoms with Gasteiger partial charge in [-0.3, -0.25) is 0 Å². The number of hydrogen-bond donors (Lipinski definition) is 1. The van der Waals surface area contributed by atoms with Crippen LogP contribution in [0.3, 0.4) is 0 Å². The largest absolute Gasteiger partial charge is 0.417 e. The maximum atomic E-state index is 6.17. The quantitative estimate of drug-likeness (QED) is 0.788. The lowest BCUT2D eigenvalue weighted by Gasteiger charge is -2.37. The molecule has 0 aromatic carbocycles. The zero-order valence-corrected chi connectivity index (χ0v) is 13.3. The standard InChI is InChI=1S/C13H29NO2Si/c1-11-9-14-12(10-15-11)7-8-16-17(5,6)13(2,3)4/h11-12,14H,7-10H2,1-6H3. The average Bonchev–Trinajstić information content (AvgIpc) is 2.19. The van der Waals surface area contributed by atoms with Gasteiger partial charge in [-0.15, -0.1) is 0 Å². The molecule has 1 fully saturated rings. The van der Waals surface area contributed by atoms with Crippen molar-refractivity contribution in [1.82, 2.24) is 5.32 Å². The Morgan fingerprint density at radius 1 is 1.35 bits per heavy atom. The molecule has 0 bridgehead atoms. The molecular formula is C13H29NO2Si. The van der Waals surface area contributed by atoms with Gasteiger partial charge in [-0.25, -0.2) is 0 Å². The average molecular weight is 259 g/mol. The number of nitrogens with one attached hydrogen (secondary N) is 1. The summed E-state index contributed by atoms with van der Waals surface area (Å²) in [7, 11) is -1.57. The molecule has 3 nitrogen and oxygen atoms in total. The predicted octanol–water partition coefficient (Wildman–Crippen LogP) is 2.78. The molecule has 0 aliphatic carbocycles. The van der Waals surface area contributed by atoms with Crippen molar-refractivity contribution in [2.24, 2.45) is 0 Å². The maximum Gasteiger partial charge on any atom is 0.191 e. The van der Waals surface area contributed by atoms with Crippen LogP contribution < -0.4 is 5.32 Å². The summed E-state index contributed by atoms with van der Waals surface area (Å²) >= 11 is 0. The first kappa shape index (κ1) is 15.2. The fourth-order valence-corrected chi connectivity index (χ4v) is 2.65. The second kappa shape index (κ2) is 5.82. The lowest BCUT2D eigenvalue weighted by molar-refractivity contribution is 0.0103. The Hall–Kier alpha value is 0.0969. The van der Waals surface area contributed by atoms with Gasteiger partial charge in [0.1, 0.15) is 0 Å². The van der Waals surface area contributed by atoms with Crippen LogP contribution in [0.4, 0.5) is 0 Å². The molecule has 1 heterocycles. The minimum atomic E-state index is -1.57. The smallest absolute Gasteiger partial charge is 0.191 e. The summed E-state index contributed by atoms with van der Waals surface area (Å²) in [5.41, 5.74) is 0. The van der Waals surface area contributed by atoms with Gasteiger partial charge in [0, 0.05) is 19.2 Å². The highest BCUT2D eigenvalue weighted by Gasteiger charge is 2.37. The Kier molecular flexibility index (Phi) is 5.19. The first-order chi connectivity index (χ1) is 7.72. The monoisotopic (exact) mass is 259 g/mol. The van der Waals surface area contributed by atoms with Crippen LogP contribution in [0.5, 0.6) is 0 Å². The molecule has 17 heavy (non-hydrogen) atoms. The van der Waals surface area contributed by atoms with Gasteiger partial charge in [0.25, 0.3) is 0 Å². The van der Waals surface area contributed by atoms with Crippen molar-refractivity contribution in [2.45, 2.75) is 64.4 Å². The van der Waals surface area contributed by atoms with Crippen LogP contribution in [0.15, 0.2) is 0 Å². The fourth-order valence-electron chi connectivity index (χ4n) is 1.59. The number of morpholine rings is 1. The Bertz CT molecular complexity index is 230. The third-order valence-corrected chi connectivity index (χ3v) is 8.55. The molecule has 4 heteroatoms. The second-order valence-electron chi connectivity index (χ2n) is 6.65.